The van der Waals surface area contributed by atoms with E-state index in [-0.39, 0.29) is 0 Å². The van der Waals surface area contributed by atoms with Gasteiger partial charge in [-0.3, -0.25) is 0 Å². The summed E-state index contributed by atoms with van der Waals surface area (Å²) in [4.78, 5) is 0. The number of nitrogens with one attached hydrogen (secondary N) is 1. The van der Waals surface area contributed by atoms with E-state index in [1.807, 2.05) is 18.2 Å². The number of hydrogen-bond donors (Lipinski definition) is 2. The Morgan fingerprint density at radius 1 is 1.53 bits per heavy atom. The van der Waals surface area contributed by atoms with Crippen LogP contribution in [0.15, 0.2) is 22.7 Å². The maximum Gasteiger partial charge on any atom is 0.152 e. The number of aliphatic hydroxyl groups is 1. The second-order valence-corrected chi connectivity index (χ2v) is 5.09. The molecular weight excluding hydrogens is 258 g/mol. The highest BCUT2D eigenvalue weighted by atomic mass is 79.9. The zero-order valence-corrected chi connectivity index (χ0v) is 9.75. The summed E-state index contributed by atoms with van der Waals surface area (Å²) in [5.41, 5.74) is 0.477. The predicted octanol–water partition coefficient (Wildman–Crippen LogP) is 1.61. The smallest absolute Gasteiger partial charge is 0.152 e. The molecular formula is C11H12BrNO2. The normalized spacial score (nSPS) is 33.1. The molecule has 15 heavy (non-hydrogen) atoms. The van der Waals surface area contributed by atoms with E-state index in [0.717, 1.165) is 35.3 Å². The van der Waals surface area contributed by atoms with Crippen LogP contribution in [-0.4, -0.2) is 23.8 Å². The summed E-state index contributed by atoms with van der Waals surface area (Å²) in [5, 5.41) is 13.5. The van der Waals surface area contributed by atoms with Gasteiger partial charge in [-0.25, -0.2) is 0 Å². The highest BCUT2D eigenvalue weighted by Gasteiger charge is 2.49. The predicted molar refractivity (Wildman–Crippen MR) is 59.9 cm³/mol. The average molecular weight is 270 g/mol. The van der Waals surface area contributed by atoms with Crippen LogP contribution in [0.3, 0.4) is 0 Å². The lowest BCUT2D eigenvalue weighted by molar-refractivity contribution is -0.0126. The molecule has 0 radical (unpaired) electrons. The minimum Gasteiger partial charge on any atom is -0.482 e. The molecule has 1 saturated heterocycles. The third kappa shape index (κ3) is 1.32. The van der Waals surface area contributed by atoms with Crippen LogP contribution >= 0.6 is 15.9 Å². The summed E-state index contributed by atoms with van der Waals surface area (Å²) in [6.07, 6.45) is 0.357. The molecule has 2 aliphatic rings. The molecule has 80 valence electrons. The number of benzene rings is 1. The molecule has 0 aliphatic carbocycles. The molecule has 2 atom stereocenters. The third-order valence-electron chi connectivity index (χ3n) is 3.23. The molecule has 1 spiro atoms. The third-order valence-corrected chi connectivity index (χ3v) is 3.72. The zero-order valence-electron chi connectivity index (χ0n) is 8.16. The largest absolute Gasteiger partial charge is 0.482 e. The molecule has 2 unspecified atom stereocenters. The Hall–Kier alpha value is -0.580. The lowest BCUT2D eigenvalue weighted by atomic mass is 9.93. The van der Waals surface area contributed by atoms with E-state index in [0.29, 0.717) is 0 Å². The van der Waals surface area contributed by atoms with Crippen LogP contribution in [0.25, 0.3) is 0 Å². The Morgan fingerprint density at radius 3 is 3.13 bits per heavy atom. The van der Waals surface area contributed by atoms with E-state index in [4.69, 9.17) is 4.74 Å². The molecule has 1 aromatic carbocycles. The fourth-order valence-electron chi connectivity index (χ4n) is 2.39. The molecule has 0 amide bonds. The van der Waals surface area contributed by atoms with Crippen LogP contribution in [0.4, 0.5) is 0 Å². The van der Waals surface area contributed by atoms with Gasteiger partial charge in [0.2, 0.25) is 0 Å². The quantitative estimate of drug-likeness (QED) is 0.752. The maximum absolute atomic E-state index is 10.2. The first-order valence-electron chi connectivity index (χ1n) is 5.09. The Labute approximate surface area is 96.6 Å². The van der Waals surface area contributed by atoms with Crippen LogP contribution in [0.5, 0.6) is 5.75 Å². The van der Waals surface area contributed by atoms with Gasteiger partial charge >= 0.3 is 0 Å². The maximum atomic E-state index is 10.2. The molecule has 1 fully saturated rings. The van der Waals surface area contributed by atoms with Crippen molar-refractivity contribution in [3.63, 3.8) is 0 Å². The molecule has 0 bridgehead atoms. The molecule has 2 aliphatic heterocycles. The van der Waals surface area contributed by atoms with Gasteiger partial charge in [-0.05, 0) is 18.7 Å². The van der Waals surface area contributed by atoms with Crippen molar-refractivity contribution in [1.82, 2.24) is 5.32 Å². The molecule has 2 N–H and O–H groups in total. The number of aliphatic hydroxyl groups excluding tert-OH is 1. The Kier molecular flexibility index (Phi) is 2.06. The van der Waals surface area contributed by atoms with Crippen LogP contribution in [-0.2, 0) is 0 Å². The molecule has 0 saturated carbocycles. The van der Waals surface area contributed by atoms with Crippen LogP contribution in [0, 0.1) is 0 Å². The summed E-state index contributed by atoms with van der Waals surface area (Å²) in [6, 6.07) is 5.79. The van der Waals surface area contributed by atoms with Crippen molar-refractivity contribution >= 4 is 15.9 Å². The fraction of sp³-hybridized carbons (Fsp3) is 0.455. The number of hydrogen-bond acceptors (Lipinski definition) is 3. The summed E-state index contributed by atoms with van der Waals surface area (Å²) >= 11 is 3.40. The van der Waals surface area contributed by atoms with Gasteiger partial charge in [-0.15, -0.1) is 0 Å². The van der Waals surface area contributed by atoms with E-state index >= 15 is 0 Å². The van der Waals surface area contributed by atoms with Crippen LogP contribution < -0.4 is 10.1 Å². The lowest BCUT2D eigenvalue weighted by Gasteiger charge is -2.25. The number of halogens is 1. The van der Waals surface area contributed by atoms with Gasteiger partial charge in [-0.2, -0.15) is 0 Å². The van der Waals surface area contributed by atoms with E-state index < -0.39 is 11.7 Å². The second kappa shape index (κ2) is 3.20. The minimum atomic E-state index is -0.504. The first-order chi connectivity index (χ1) is 7.21. The number of rotatable bonds is 0. The van der Waals surface area contributed by atoms with Gasteiger partial charge in [0.15, 0.2) is 5.60 Å². The lowest BCUT2D eigenvalue weighted by Crippen LogP contribution is -2.40. The number of fused-ring (bicyclic) bond motifs is 1. The van der Waals surface area contributed by atoms with Crippen molar-refractivity contribution in [1.29, 1.82) is 0 Å². The minimum absolute atomic E-state index is 0.427. The van der Waals surface area contributed by atoms with Crippen LogP contribution in [0.1, 0.15) is 18.1 Å². The highest BCUT2D eigenvalue weighted by molar-refractivity contribution is 9.10. The summed E-state index contributed by atoms with van der Waals surface area (Å²) in [5.74, 6) is 0.806. The second-order valence-electron chi connectivity index (χ2n) is 4.18. The van der Waals surface area contributed by atoms with E-state index in [1.54, 1.807) is 0 Å². The van der Waals surface area contributed by atoms with Crippen molar-refractivity contribution in [2.45, 2.75) is 18.1 Å². The first kappa shape index (κ1) is 9.63. The Morgan fingerprint density at radius 2 is 2.40 bits per heavy atom. The van der Waals surface area contributed by atoms with Gasteiger partial charge in [0.1, 0.15) is 11.9 Å². The molecule has 4 heteroatoms. The van der Waals surface area contributed by atoms with Crippen molar-refractivity contribution in [3.8, 4) is 5.75 Å². The molecule has 2 heterocycles. The summed E-state index contributed by atoms with van der Waals surface area (Å²) < 4.78 is 6.89. The van der Waals surface area contributed by atoms with Crippen molar-refractivity contribution < 1.29 is 9.84 Å². The first-order valence-corrected chi connectivity index (χ1v) is 5.88. The molecule has 0 aromatic heterocycles. The van der Waals surface area contributed by atoms with Crippen molar-refractivity contribution in [3.05, 3.63) is 28.2 Å². The SMILES string of the molecule is OC1c2ccc(Br)cc2OC12CCNC2. The summed E-state index contributed by atoms with van der Waals surface area (Å²) in [7, 11) is 0. The zero-order chi connectivity index (χ0) is 10.5. The van der Waals surface area contributed by atoms with Gasteiger partial charge in [0.05, 0.1) is 0 Å². The van der Waals surface area contributed by atoms with Crippen molar-refractivity contribution in [2.24, 2.45) is 0 Å². The molecule has 1 aromatic rings. The van der Waals surface area contributed by atoms with Gasteiger partial charge in [0, 0.05) is 23.0 Å². The van der Waals surface area contributed by atoms with Crippen LogP contribution in [0.2, 0.25) is 0 Å². The standard InChI is InChI=1S/C11H12BrNO2/c12-7-1-2-8-9(5-7)15-11(10(8)14)3-4-13-6-11/h1-2,5,10,13-14H,3-4,6H2. The average Bonchev–Trinajstić information content (AvgIpc) is 2.76. The number of ether oxygens (including phenoxy) is 1. The topological polar surface area (TPSA) is 41.5 Å². The van der Waals surface area contributed by atoms with Gasteiger partial charge in [-0.1, -0.05) is 22.0 Å². The van der Waals surface area contributed by atoms with Gasteiger partial charge < -0.3 is 15.2 Å². The Balaban J connectivity index is 2.04. The van der Waals surface area contributed by atoms with E-state index in [2.05, 4.69) is 21.2 Å². The highest BCUT2D eigenvalue weighted by Crippen LogP contribution is 2.46. The monoisotopic (exact) mass is 269 g/mol. The summed E-state index contributed by atoms with van der Waals surface area (Å²) in [6.45, 7) is 1.63. The van der Waals surface area contributed by atoms with E-state index in [9.17, 15) is 5.11 Å². The fourth-order valence-corrected chi connectivity index (χ4v) is 2.73. The molecule has 3 rings (SSSR count). The van der Waals surface area contributed by atoms with E-state index in [1.165, 1.54) is 0 Å². The van der Waals surface area contributed by atoms with Gasteiger partial charge in [0.25, 0.3) is 0 Å². The van der Waals surface area contributed by atoms with Crippen molar-refractivity contribution in [2.75, 3.05) is 13.1 Å². The molecule has 3 nitrogen and oxygen atoms in total. The Bertz CT molecular complexity index is 402.